The van der Waals surface area contributed by atoms with Crippen molar-refractivity contribution in [2.24, 2.45) is 0 Å². The summed E-state index contributed by atoms with van der Waals surface area (Å²) < 4.78 is 13.5. The molecular weight excluding hydrogens is 342 g/mol. The van der Waals surface area contributed by atoms with Gasteiger partial charge in [-0.25, -0.2) is 4.39 Å². The molecule has 0 bridgehead atoms. The minimum absolute atomic E-state index is 0.000162. The van der Waals surface area contributed by atoms with Crippen LogP contribution in [0.2, 0.25) is 10.0 Å². The Kier molecular flexibility index (Phi) is 5.58. The molecule has 4 nitrogen and oxygen atoms in total. The summed E-state index contributed by atoms with van der Waals surface area (Å²) in [5.41, 5.74) is 0.989. The SMILES string of the molecule is CC(=O)Nc1cc(NC(=O)Cc2ccc(Cl)cc2Cl)ccc1F. The van der Waals surface area contributed by atoms with Crippen molar-refractivity contribution in [3.63, 3.8) is 0 Å². The number of benzene rings is 2. The average Bonchev–Trinajstić information content (AvgIpc) is 2.45. The third kappa shape index (κ3) is 4.94. The zero-order chi connectivity index (χ0) is 17.0. The fraction of sp³-hybridized carbons (Fsp3) is 0.125. The molecule has 0 aliphatic carbocycles. The summed E-state index contributed by atoms with van der Waals surface area (Å²) in [5, 5.41) is 5.85. The fourth-order valence-corrected chi connectivity index (χ4v) is 2.41. The number of hydrogen-bond acceptors (Lipinski definition) is 2. The second-order valence-corrected chi connectivity index (χ2v) is 5.68. The van der Waals surface area contributed by atoms with E-state index in [9.17, 15) is 14.0 Å². The van der Waals surface area contributed by atoms with E-state index in [0.29, 0.717) is 21.3 Å². The molecule has 2 amide bonds. The predicted molar refractivity (Wildman–Crippen MR) is 89.5 cm³/mol. The zero-order valence-corrected chi connectivity index (χ0v) is 13.6. The van der Waals surface area contributed by atoms with Gasteiger partial charge in [0.2, 0.25) is 11.8 Å². The maximum atomic E-state index is 13.5. The molecule has 0 heterocycles. The Bertz CT molecular complexity index is 766. The van der Waals surface area contributed by atoms with Crippen molar-refractivity contribution in [3.05, 3.63) is 57.8 Å². The van der Waals surface area contributed by atoms with Gasteiger partial charge in [-0.2, -0.15) is 0 Å². The first-order valence-electron chi connectivity index (χ1n) is 6.66. The lowest BCUT2D eigenvalue weighted by Gasteiger charge is -2.09. The van der Waals surface area contributed by atoms with Crippen LogP contribution in [0.4, 0.5) is 15.8 Å². The molecule has 0 aliphatic rings. The lowest BCUT2D eigenvalue weighted by molar-refractivity contribution is -0.115. The molecule has 2 N–H and O–H groups in total. The van der Waals surface area contributed by atoms with E-state index in [4.69, 9.17) is 23.2 Å². The molecular formula is C16H13Cl2FN2O2. The van der Waals surface area contributed by atoms with E-state index >= 15 is 0 Å². The standard InChI is InChI=1S/C16H13Cl2FN2O2/c1-9(22)20-15-8-12(4-5-14(15)19)21-16(23)6-10-2-3-11(17)7-13(10)18/h2-5,7-8H,6H2,1H3,(H,20,22)(H,21,23). The van der Waals surface area contributed by atoms with Gasteiger partial charge >= 0.3 is 0 Å². The van der Waals surface area contributed by atoms with Gasteiger partial charge in [-0.05, 0) is 35.9 Å². The fourth-order valence-electron chi connectivity index (χ4n) is 1.93. The number of rotatable bonds is 4. The van der Waals surface area contributed by atoms with Gasteiger partial charge in [0.25, 0.3) is 0 Å². The normalized spacial score (nSPS) is 10.3. The van der Waals surface area contributed by atoms with Gasteiger partial charge in [0.1, 0.15) is 5.82 Å². The number of halogens is 3. The zero-order valence-electron chi connectivity index (χ0n) is 12.1. The molecule has 23 heavy (non-hydrogen) atoms. The minimum Gasteiger partial charge on any atom is -0.326 e. The van der Waals surface area contributed by atoms with Gasteiger partial charge in [-0.3, -0.25) is 9.59 Å². The monoisotopic (exact) mass is 354 g/mol. The molecule has 0 aromatic heterocycles. The second-order valence-electron chi connectivity index (χ2n) is 4.84. The number of nitrogens with one attached hydrogen (secondary N) is 2. The Morgan fingerprint density at radius 1 is 1.09 bits per heavy atom. The topological polar surface area (TPSA) is 58.2 Å². The summed E-state index contributed by atoms with van der Waals surface area (Å²) in [6, 6.07) is 8.77. The predicted octanol–water partition coefficient (Wildman–Crippen LogP) is 4.27. The Balaban J connectivity index is 2.09. The molecule has 0 spiro atoms. The Morgan fingerprint density at radius 3 is 2.48 bits per heavy atom. The van der Waals surface area contributed by atoms with Gasteiger partial charge in [-0.1, -0.05) is 29.3 Å². The van der Waals surface area contributed by atoms with Gasteiger partial charge in [-0.15, -0.1) is 0 Å². The number of amides is 2. The molecule has 0 saturated heterocycles. The summed E-state index contributed by atoms with van der Waals surface area (Å²) in [6.45, 7) is 1.27. The highest BCUT2D eigenvalue weighted by atomic mass is 35.5. The Morgan fingerprint density at radius 2 is 1.83 bits per heavy atom. The van der Waals surface area contributed by atoms with Crippen LogP contribution in [0.3, 0.4) is 0 Å². The molecule has 120 valence electrons. The van der Waals surface area contributed by atoms with E-state index in [-0.39, 0.29) is 18.0 Å². The van der Waals surface area contributed by atoms with Crippen molar-refractivity contribution in [1.29, 1.82) is 0 Å². The smallest absolute Gasteiger partial charge is 0.228 e. The molecule has 2 rings (SSSR count). The quantitative estimate of drug-likeness (QED) is 0.861. The van der Waals surface area contributed by atoms with Crippen LogP contribution < -0.4 is 10.6 Å². The van der Waals surface area contributed by atoms with Crippen molar-refractivity contribution in [2.45, 2.75) is 13.3 Å². The maximum Gasteiger partial charge on any atom is 0.228 e. The number of carbonyl (C=O) groups is 2. The molecule has 0 aliphatic heterocycles. The average molecular weight is 355 g/mol. The van der Waals surface area contributed by atoms with E-state index in [1.54, 1.807) is 18.2 Å². The highest BCUT2D eigenvalue weighted by Crippen LogP contribution is 2.23. The van der Waals surface area contributed by atoms with Crippen molar-refractivity contribution in [1.82, 2.24) is 0 Å². The van der Waals surface area contributed by atoms with Crippen molar-refractivity contribution in [2.75, 3.05) is 10.6 Å². The molecule has 0 saturated carbocycles. The number of anilines is 2. The summed E-state index contributed by atoms with van der Waals surface area (Å²) in [5.74, 6) is -1.31. The molecule has 0 radical (unpaired) electrons. The first-order valence-corrected chi connectivity index (χ1v) is 7.41. The van der Waals surface area contributed by atoms with Crippen molar-refractivity contribution >= 4 is 46.4 Å². The molecule has 0 atom stereocenters. The van der Waals surface area contributed by atoms with E-state index in [1.165, 1.54) is 19.1 Å². The van der Waals surface area contributed by atoms with Crippen LogP contribution in [0.1, 0.15) is 12.5 Å². The third-order valence-corrected chi connectivity index (χ3v) is 3.51. The van der Waals surface area contributed by atoms with Crippen molar-refractivity contribution < 1.29 is 14.0 Å². The first-order chi connectivity index (χ1) is 10.8. The van der Waals surface area contributed by atoms with Gasteiger partial charge in [0.05, 0.1) is 12.1 Å². The van der Waals surface area contributed by atoms with E-state index in [1.807, 2.05) is 0 Å². The van der Waals surface area contributed by atoms with E-state index in [0.717, 1.165) is 6.07 Å². The van der Waals surface area contributed by atoms with E-state index in [2.05, 4.69) is 10.6 Å². The highest BCUT2D eigenvalue weighted by molar-refractivity contribution is 6.35. The van der Waals surface area contributed by atoms with Gasteiger partial charge in [0, 0.05) is 22.7 Å². The summed E-state index contributed by atoms with van der Waals surface area (Å²) >= 11 is 11.8. The van der Waals surface area contributed by atoms with Crippen LogP contribution in [-0.4, -0.2) is 11.8 Å². The lowest BCUT2D eigenvalue weighted by atomic mass is 10.1. The Hall–Kier alpha value is -2.11. The van der Waals surface area contributed by atoms with Crippen molar-refractivity contribution in [3.8, 4) is 0 Å². The molecule has 2 aromatic rings. The van der Waals surface area contributed by atoms with Crippen LogP contribution in [0.25, 0.3) is 0 Å². The van der Waals surface area contributed by atoms with Crippen LogP contribution in [0.15, 0.2) is 36.4 Å². The Labute approximate surface area is 142 Å². The van der Waals surface area contributed by atoms with Gasteiger partial charge in [0.15, 0.2) is 0 Å². The number of carbonyl (C=O) groups excluding carboxylic acids is 2. The largest absolute Gasteiger partial charge is 0.326 e. The summed E-state index contributed by atoms with van der Waals surface area (Å²) in [7, 11) is 0. The van der Waals surface area contributed by atoms with Crippen LogP contribution >= 0.6 is 23.2 Å². The molecule has 0 fully saturated rings. The third-order valence-electron chi connectivity index (χ3n) is 2.93. The molecule has 0 unspecified atom stereocenters. The second kappa shape index (κ2) is 7.44. The maximum absolute atomic E-state index is 13.5. The first kappa shape index (κ1) is 17.2. The lowest BCUT2D eigenvalue weighted by Crippen LogP contribution is -2.15. The van der Waals surface area contributed by atoms with Crippen LogP contribution in [-0.2, 0) is 16.0 Å². The summed E-state index contributed by atoms with van der Waals surface area (Å²) in [6.07, 6.45) is 0.0445. The van der Waals surface area contributed by atoms with Gasteiger partial charge < -0.3 is 10.6 Å². The van der Waals surface area contributed by atoms with Crippen LogP contribution in [0.5, 0.6) is 0 Å². The van der Waals surface area contributed by atoms with Crippen LogP contribution in [0, 0.1) is 5.82 Å². The molecule has 7 heteroatoms. The minimum atomic E-state index is -0.584. The molecule has 2 aromatic carbocycles. The number of hydrogen-bond donors (Lipinski definition) is 2. The summed E-state index contributed by atoms with van der Waals surface area (Å²) in [4.78, 5) is 23.1. The highest BCUT2D eigenvalue weighted by Gasteiger charge is 2.10. The van der Waals surface area contributed by atoms with E-state index < -0.39 is 11.7 Å².